The molecule has 18 heavy (non-hydrogen) atoms. The summed E-state index contributed by atoms with van der Waals surface area (Å²) in [5.74, 6) is 0. The number of aromatic nitrogens is 1. The highest BCUT2D eigenvalue weighted by molar-refractivity contribution is 7.83. The fourth-order valence-corrected chi connectivity index (χ4v) is 3.49. The molecule has 94 valence electrons. The smallest absolute Gasteiger partial charge is 0.129 e. The van der Waals surface area contributed by atoms with Crippen LogP contribution in [-0.4, -0.2) is 39.7 Å². The molecule has 3 rings (SSSR count). The topological polar surface area (TPSA) is 45.2 Å². The van der Waals surface area contributed by atoms with Crippen molar-refractivity contribution in [2.75, 3.05) is 26.2 Å². The van der Waals surface area contributed by atoms with Crippen LogP contribution in [-0.2, 0) is 11.0 Å². The van der Waals surface area contributed by atoms with Gasteiger partial charge in [0, 0.05) is 37.8 Å². The van der Waals surface area contributed by atoms with Crippen LogP contribution in [0, 0.1) is 0 Å². The summed E-state index contributed by atoms with van der Waals surface area (Å²) in [7, 11) is -1.11. The van der Waals surface area contributed by atoms with E-state index in [1.54, 1.807) is 6.20 Å². The Balaban J connectivity index is 2.00. The van der Waals surface area contributed by atoms with Gasteiger partial charge in [-0.05, 0) is 12.1 Å². The highest BCUT2D eigenvalue weighted by Crippen LogP contribution is 2.21. The number of hydrogen-bond donors (Lipinski definition) is 1. The molecule has 1 unspecified atom stereocenters. The van der Waals surface area contributed by atoms with Gasteiger partial charge in [-0.1, -0.05) is 18.2 Å². The van der Waals surface area contributed by atoms with Crippen molar-refractivity contribution in [1.82, 2.24) is 14.6 Å². The van der Waals surface area contributed by atoms with Gasteiger partial charge >= 0.3 is 0 Å². The predicted octanol–water partition coefficient (Wildman–Crippen LogP) is 1.16. The molecule has 0 saturated carbocycles. The molecule has 1 aromatic carbocycles. The SMILES string of the molecule is O=S(c1cccc2cccnc12)N1CCNCC1. The molecule has 1 saturated heterocycles. The van der Waals surface area contributed by atoms with Crippen molar-refractivity contribution in [3.05, 3.63) is 36.5 Å². The third kappa shape index (κ3) is 2.16. The van der Waals surface area contributed by atoms with Crippen molar-refractivity contribution >= 4 is 21.9 Å². The molecule has 2 heterocycles. The average Bonchev–Trinajstić information content (AvgIpc) is 2.47. The summed E-state index contributed by atoms with van der Waals surface area (Å²) in [4.78, 5) is 5.18. The van der Waals surface area contributed by atoms with Crippen molar-refractivity contribution < 1.29 is 4.21 Å². The first-order valence-electron chi connectivity index (χ1n) is 6.07. The van der Waals surface area contributed by atoms with Crippen molar-refractivity contribution in [3.8, 4) is 0 Å². The molecule has 2 aromatic rings. The van der Waals surface area contributed by atoms with Gasteiger partial charge in [-0.2, -0.15) is 0 Å². The average molecular weight is 261 g/mol. The third-order valence-corrected chi connectivity index (χ3v) is 4.63. The Morgan fingerprint density at radius 1 is 1.17 bits per heavy atom. The second kappa shape index (κ2) is 5.14. The Kier molecular flexibility index (Phi) is 3.36. The standard InChI is InChI=1S/C13H15N3OS/c17-18(16-9-7-14-8-10-16)12-5-1-3-11-4-2-6-15-13(11)12/h1-6,14H,7-10H2. The van der Waals surface area contributed by atoms with Crippen LogP contribution in [0.25, 0.3) is 10.9 Å². The summed E-state index contributed by atoms with van der Waals surface area (Å²) >= 11 is 0. The second-order valence-electron chi connectivity index (χ2n) is 4.26. The van der Waals surface area contributed by atoms with Gasteiger partial charge in [-0.3, -0.25) is 4.98 Å². The van der Waals surface area contributed by atoms with Crippen molar-refractivity contribution in [1.29, 1.82) is 0 Å². The van der Waals surface area contributed by atoms with E-state index in [0.29, 0.717) is 0 Å². The van der Waals surface area contributed by atoms with Gasteiger partial charge in [0.1, 0.15) is 11.0 Å². The van der Waals surface area contributed by atoms with Crippen LogP contribution in [0.1, 0.15) is 0 Å². The first-order chi connectivity index (χ1) is 8.86. The van der Waals surface area contributed by atoms with Crippen molar-refractivity contribution in [3.63, 3.8) is 0 Å². The van der Waals surface area contributed by atoms with Gasteiger partial charge in [-0.15, -0.1) is 0 Å². The molecule has 5 heteroatoms. The maximum absolute atomic E-state index is 12.6. The van der Waals surface area contributed by atoms with Gasteiger partial charge in [0.05, 0.1) is 10.4 Å². The first-order valence-corrected chi connectivity index (χ1v) is 7.18. The fourth-order valence-electron chi connectivity index (χ4n) is 2.17. The van der Waals surface area contributed by atoms with E-state index < -0.39 is 11.0 Å². The lowest BCUT2D eigenvalue weighted by Gasteiger charge is -2.26. The van der Waals surface area contributed by atoms with Crippen LogP contribution in [0.15, 0.2) is 41.4 Å². The Morgan fingerprint density at radius 3 is 2.78 bits per heavy atom. The second-order valence-corrected chi connectivity index (χ2v) is 5.71. The minimum atomic E-state index is -1.11. The normalized spacial score (nSPS) is 18.9. The number of benzene rings is 1. The Bertz CT molecular complexity index is 576. The van der Waals surface area contributed by atoms with Gasteiger partial charge < -0.3 is 5.32 Å². The zero-order valence-corrected chi connectivity index (χ0v) is 10.8. The molecule has 1 aliphatic rings. The van der Waals surface area contributed by atoms with Gasteiger partial charge in [0.25, 0.3) is 0 Å². The molecule has 4 nitrogen and oxygen atoms in total. The van der Waals surface area contributed by atoms with Gasteiger partial charge in [-0.25, -0.2) is 8.51 Å². The quantitative estimate of drug-likeness (QED) is 0.882. The molecule has 0 radical (unpaired) electrons. The van der Waals surface area contributed by atoms with Crippen LogP contribution in [0.3, 0.4) is 0 Å². The van der Waals surface area contributed by atoms with E-state index in [1.165, 1.54) is 0 Å². The van der Waals surface area contributed by atoms with Gasteiger partial charge in [0.15, 0.2) is 0 Å². The number of pyridine rings is 1. The van der Waals surface area contributed by atoms with E-state index in [9.17, 15) is 4.21 Å². The Hall–Kier alpha value is -1.30. The molecular formula is C13H15N3OS. The molecule has 0 bridgehead atoms. The van der Waals surface area contributed by atoms with E-state index in [-0.39, 0.29) is 0 Å². The highest BCUT2D eigenvalue weighted by atomic mass is 32.2. The van der Waals surface area contributed by atoms with Crippen LogP contribution in [0.2, 0.25) is 0 Å². The molecule has 0 spiro atoms. The molecule has 1 atom stereocenters. The number of fused-ring (bicyclic) bond motifs is 1. The lowest BCUT2D eigenvalue weighted by Crippen LogP contribution is -2.44. The molecule has 1 aliphatic heterocycles. The summed E-state index contributed by atoms with van der Waals surface area (Å²) in [6.45, 7) is 3.42. The summed E-state index contributed by atoms with van der Waals surface area (Å²) in [6, 6.07) is 9.76. The number of piperazine rings is 1. The summed E-state index contributed by atoms with van der Waals surface area (Å²) < 4.78 is 14.6. The van der Waals surface area contributed by atoms with Crippen molar-refractivity contribution in [2.45, 2.75) is 4.90 Å². The summed E-state index contributed by atoms with van der Waals surface area (Å²) in [5.41, 5.74) is 0.844. The summed E-state index contributed by atoms with van der Waals surface area (Å²) in [5, 5.41) is 4.31. The molecule has 0 amide bonds. The number of nitrogens with zero attached hydrogens (tertiary/aromatic N) is 2. The van der Waals surface area contributed by atoms with Crippen LogP contribution in [0.4, 0.5) is 0 Å². The number of hydrogen-bond acceptors (Lipinski definition) is 3. The zero-order valence-electron chi connectivity index (χ0n) is 10.0. The lowest BCUT2D eigenvalue weighted by molar-refractivity contribution is 0.381. The maximum Gasteiger partial charge on any atom is 0.129 e. The largest absolute Gasteiger partial charge is 0.314 e. The predicted molar refractivity (Wildman–Crippen MR) is 72.6 cm³/mol. The Morgan fingerprint density at radius 2 is 1.94 bits per heavy atom. The van der Waals surface area contributed by atoms with Crippen LogP contribution >= 0.6 is 0 Å². The third-order valence-electron chi connectivity index (χ3n) is 3.09. The lowest BCUT2D eigenvalue weighted by atomic mass is 10.2. The van der Waals surface area contributed by atoms with Crippen LogP contribution < -0.4 is 5.32 Å². The number of nitrogens with one attached hydrogen (secondary N) is 1. The minimum Gasteiger partial charge on any atom is -0.314 e. The highest BCUT2D eigenvalue weighted by Gasteiger charge is 2.19. The molecule has 1 aromatic heterocycles. The minimum absolute atomic E-state index is 0.815. The maximum atomic E-state index is 12.6. The number of rotatable bonds is 2. The zero-order chi connectivity index (χ0) is 12.4. The monoisotopic (exact) mass is 261 g/mol. The van der Waals surface area contributed by atoms with E-state index in [0.717, 1.165) is 42.0 Å². The number of para-hydroxylation sites is 1. The van der Waals surface area contributed by atoms with E-state index in [4.69, 9.17) is 0 Å². The van der Waals surface area contributed by atoms with E-state index in [2.05, 4.69) is 10.3 Å². The van der Waals surface area contributed by atoms with E-state index >= 15 is 0 Å². The van der Waals surface area contributed by atoms with Gasteiger partial charge in [0.2, 0.25) is 0 Å². The molecule has 1 N–H and O–H groups in total. The summed E-state index contributed by atoms with van der Waals surface area (Å²) in [6.07, 6.45) is 1.75. The Labute approximate surface area is 109 Å². The molecule has 0 aliphatic carbocycles. The molecule has 1 fully saturated rings. The van der Waals surface area contributed by atoms with Crippen LogP contribution in [0.5, 0.6) is 0 Å². The van der Waals surface area contributed by atoms with E-state index in [1.807, 2.05) is 34.6 Å². The molecular weight excluding hydrogens is 246 g/mol. The first kappa shape index (κ1) is 11.8. The van der Waals surface area contributed by atoms with Crippen molar-refractivity contribution in [2.24, 2.45) is 0 Å². The fraction of sp³-hybridized carbons (Fsp3) is 0.308.